The van der Waals surface area contributed by atoms with Gasteiger partial charge in [0.25, 0.3) is 0 Å². The van der Waals surface area contributed by atoms with Crippen molar-refractivity contribution < 1.29 is 24.2 Å². The number of nitrogens with one attached hydrogen (secondary N) is 1. The number of nitrogens with zero attached hydrogens (tertiary/aromatic N) is 1. The van der Waals surface area contributed by atoms with Gasteiger partial charge in [-0.3, -0.25) is 9.59 Å². The van der Waals surface area contributed by atoms with Crippen LogP contribution in [-0.2, 0) is 14.3 Å². The first-order chi connectivity index (χ1) is 16.4. The van der Waals surface area contributed by atoms with Crippen LogP contribution in [0.1, 0.15) is 43.2 Å². The number of likely N-dealkylation sites (tertiary alicyclic amines) is 1. The minimum atomic E-state index is -0.782. The molecule has 0 spiro atoms. The lowest BCUT2D eigenvalue weighted by Gasteiger charge is -2.41. The molecule has 1 saturated heterocycles. The quantitative estimate of drug-likeness (QED) is 0.703. The Kier molecular flexibility index (Phi) is 6.02. The molecular weight excluding hydrogens is 432 g/mol. The number of ether oxygens (including phenoxy) is 1. The minimum Gasteiger partial charge on any atom is -0.481 e. The highest BCUT2D eigenvalue weighted by Crippen LogP contribution is 2.44. The number of carbonyl (C=O) groups is 3. The van der Waals surface area contributed by atoms with Crippen molar-refractivity contribution in [3.63, 3.8) is 0 Å². The summed E-state index contributed by atoms with van der Waals surface area (Å²) in [4.78, 5) is 38.3. The Labute approximate surface area is 199 Å². The molecule has 1 saturated carbocycles. The van der Waals surface area contributed by atoms with E-state index in [0.29, 0.717) is 32.4 Å². The SMILES string of the molecule is CC1CN(C(=O)C2CC(NC(=O)OCC3c4ccccc4-c4ccccc43)C2)CCC1C(=O)O. The van der Waals surface area contributed by atoms with E-state index in [4.69, 9.17) is 4.74 Å². The zero-order chi connectivity index (χ0) is 23.8. The van der Waals surface area contributed by atoms with Crippen LogP contribution >= 0.6 is 0 Å². The van der Waals surface area contributed by atoms with Crippen molar-refractivity contribution in [1.29, 1.82) is 0 Å². The molecule has 2 unspecified atom stereocenters. The number of aliphatic carboxylic acids is 1. The minimum absolute atomic E-state index is 0.0181. The van der Waals surface area contributed by atoms with Crippen LogP contribution in [0.25, 0.3) is 11.1 Å². The Morgan fingerprint density at radius 1 is 1.03 bits per heavy atom. The lowest BCUT2D eigenvalue weighted by Crippen LogP contribution is -2.53. The van der Waals surface area contributed by atoms with Crippen LogP contribution in [0.4, 0.5) is 4.79 Å². The molecule has 2 fully saturated rings. The largest absolute Gasteiger partial charge is 0.481 e. The maximum atomic E-state index is 12.8. The van der Waals surface area contributed by atoms with E-state index in [0.717, 1.165) is 0 Å². The second-order valence-corrected chi connectivity index (χ2v) is 9.83. The summed E-state index contributed by atoms with van der Waals surface area (Å²) >= 11 is 0. The Bertz CT molecular complexity index is 1060. The number of alkyl carbamates (subject to hydrolysis) is 1. The van der Waals surface area contributed by atoms with E-state index < -0.39 is 12.1 Å². The predicted octanol–water partition coefficient (Wildman–Crippen LogP) is 3.87. The summed E-state index contributed by atoms with van der Waals surface area (Å²) in [6, 6.07) is 16.4. The van der Waals surface area contributed by atoms with Crippen LogP contribution in [0, 0.1) is 17.8 Å². The van der Waals surface area contributed by atoms with Crippen molar-refractivity contribution >= 4 is 18.0 Å². The van der Waals surface area contributed by atoms with Gasteiger partial charge >= 0.3 is 12.1 Å². The van der Waals surface area contributed by atoms with Gasteiger partial charge in [0.05, 0.1) is 5.92 Å². The van der Waals surface area contributed by atoms with E-state index in [9.17, 15) is 19.5 Å². The third-order valence-electron chi connectivity index (χ3n) is 7.69. The van der Waals surface area contributed by atoms with Crippen molar-refractivity contribution in [1.82, 2.24) is 10.2 Å². The molecule has 7 heteroatoms. The molecule has 2 amide bonds. The van der Waals surface area contributed by atoms with Gasteiger partial charge in [0.15, 0.2) is 0 Å². The number of carbonyl (C=O) groups excluding carboxylic acids is 2. The summed E-state index contributed by atoms with van der Waals surface area (Å²) < 4.78 is 5.61. The van der Waals surface area contributed by atoms with Crippen LogP contribution in [0.3, 0.4) is 0 Å². The summed E-state index contributed by atoms with van der Waals surface area (Å²) in [7, 11) is 0. The zero-order valence-corrected chi connectivity index (χ0v) is 19.3. The maximum Gasteiger partial charge on any atom is 0.407 e. The second kappa shape index (κ2) is 9.12. The second-order valence-electron chi connectivity index (χ2n) is 9.83. The van der Waals surface area contributed by atoms with Crippen LogP contribution in [0.2, 0.25) is 0 Å². The van der Waals surface area contributed by atoms with E-state index in [1.807, 2.05) is 31.2 Å². The molecule has 5 rings (SSSR count). The fourth-order valence-electron chi connectivity index (χ4n) is 5.71. The summed E-state index contributed by atoms with van der Waals surface area (Å²) in [6.07, 6.45) is 1.23. The van der Waals surface area contributed by atoms with Crippen LogP contribution in [0.5, 0.6) is 0 Å². The fraction of sp³-hybridized carbons (Fsp3) is 0.444. The number of hydrogen-bond donors (Lipinski definition) is 2. The molecule has 0 radical (unpaired) electrons. The first kappa shape index (κ1) is 22.4. The van der Waals surface area contributed by atoms with E-state index in [2.05, 4.69) is 29.6 Å². The van der Waals surface area contributed by atoms with Gasteiger partial charge < -0.3 is 20.1 Å². The molecule has 3 aliphatic rings. The van der Waals surface area contributed by atoms with Gasteiger partial charge in [0, 0.05) is 31.0 Å². The van der Waals surface area contributed by atoms with Gasteiger partial charge in [-0.05, 0) is 47.4 Å². The third kappa shape index (κ3) is 4.15. The zero-order valence-electron chi connectivity index (χ0n) is 19.3. The summed E-state index contributed by atoms with van der Waals surface area (Å²) in [5.74, 6) is -1.24. The number of carboxylic acid groups (broad SMARTS) is 1. The van der Waals surface area contributed by atoms with Crippen molar-refractivity contribution in [3.8, 4) is 11.1 Å². The molecular formula is C27H30N2O5. The van der Waals surface area contributed by atoms with Gasteiger partial charge in [0.2, 0.25) is 5.91 Å². The number of hydrogen-bond acceptors (Lipinski definition) is 4. The first-order valence-electron chi connectivity index (χ1n) is 12.1. The Hall–Kier alpha value is -3.35. The molecule has 2 aliphatic carbocycles. The third-order valence-corrected chi connectivity index (χ3v) is 7.69. The van der Waals surface area contributed by atoms with Gasteiger partial charge in [-0.25, -0.2) is 4.79 Å². The lowest BCUT2D eigenvalue weighted by atomic mass is 9.78. The fourth-order valence-corrected chi connectivity index (χ4v) is 5.71. The monoisotopic (exact) mass is 462 g/mol. The van der Waals surface area contributed by atoms with Gasteiger partial charge in [0.1, 0.15) is 6.61 Å². The topological polar surface area (TPSA) is 95.9 Å². The highest BCUT2D eigenvalue weighted by atomic mass is 16.5. The van der Waals surface area contributed by atoms with Gasteiger partial charge in [-0.15, -0.1) is 0 Å². The standard InChI is InChI=1S/C27H30N2O5/c1-16-14-29(11-10-19(16)26(31)32)25(30)17-12-18(13-17)28-27(33)34-15-24-22-8-4-2-6-20(22)21-7-3-5-9-23(21)24/h2-9,16-19,24H,10-15H2,1H3,(H,28,33)(H,31,32). The number of carboxylic acids is 1. The molecule has 2 N–H and O–H groups in total. The summed E-state index contributed by atoms with van der Waals surface area (Å²) in [6.45, 7) is 3.13. The lowest BCUT2D eigenvalue weighted by molar-refractivity contribution is -0.150. The van der Waals surface area contributed by atoms with Crippen LogP contribution in [-0.4, -0.2) is 53.7 Å². The molecule has 1 heterocycles. The molecule has 7 nitrogen and oxygen atoms in total. The smallest absolute Gasteiger partial charge is 0.407 e. The Balaban J connectivity index is 1.10. The summed E-state index contributed by atoms with van der Waals surface area (Å²) in [5, 5.41) is 12.2. The van der Waals surface area contributed by atoms with Gasteiger partial charge in [-0.2, -0.15) is 0 Å². The number of fused-ring (bicyclic) bond motifs is 3. The highest BCUT2D eigenvalue weighted by Gasteiger charge is 2.41. The molecule has 178 valence electrons. The molecule has 2 atom stereocenters. The van der Waals surface area contributed by atoms with Crippen molar-refractivity contribution in [2.24, 2.45) is 17.8 Å². The Morgan fingerprint density at radius 2 is 1.65 bits per heavy atom. The van der Waals surface area contributed by atoms with E-state index in [1.165, 1.54) is 22.3 Å². The van der Waals surface area contributed by atoms with E-state index >= 15 is 0 Å². The number of piperidine rings is 1. The van der Waals surface area contributed by atoms with Crippen molar-refractivity contribution in [2.45, 2.75) is 38.1 Å². The van der Waals surface area contributed by atoms with Crippen LogP contribution < -0.4 is 5.32 Å². The van der Waals surface area contributed by atoms with Crippen LogP contribution in [0.15, 0.2) is 48.5 Å². The molecule has 34 heavy (non-hydrogen) atoms. The molecule has 2 aromatic carbocycles. The van der Waals surface area contributed by atoms with E-state index in [-0.39, 0.29) is 42.2 Å². The number of benzene rings is 2. The average Bonchev–Trinajstić information content (AvgIpc) is 3.13. The number of rotatable bonds is 5. The normalized spacial score (nSPS) is 25.6. The van der Waals surface area contributed by atoms with Crippen molar-refractivity contribution in [3.05, 3.63) is 59.7 Å². The average molecular weight is 463 g/mol. The maximum absolute atomic E-state index is 12.8. The first-order valence-corrected chi connectivity index (χ1v) is 12.1. The molecule has 0 bridgehead atoms. The molecule has 2 aromatic rings. The van der Waals surface area contributed by atoms with Crippen molar-refractivity contribution in [2.75, 3.05) is 19.7 Å². The highest BCUT2D eigenvalue weighted by molar-refractivity contribution is 5.81. The number of amides is 2. The Morgan fingerprint density at radius 3 is 2.24 bits per heavy atom. The predicted molar refractivity (Wildman–Crippen MR) is 126 cm³/mol. The van der Waals surface area contributed by atoms with E-state index in [1.54, 1.807) is 4.90 Å². The molecule has 1 aliphatic heterocycles. The summed E-state index contributed by atoms with van der Waals surface area (Å²) in [5.41, 5.74) is 4.72. The molecule has 0 aromatic heterocycles. The van der Waals surface area contributed by atoms with Gasteiger partial charge in [-0.1, -0.05) is 55.5 Å².